The van der Waals surface area contributed by atoms with Gasteiger partial charge in [-0.1, -0.05) is 48.0 Å². The summed E-state index contributed by atoms with van der Waals surface area (Å²) in [4.78, 5) is 39.9. The van der Waals surface area contributed by atoms with E-state index in [2.05, 4.69) is 0 Å². The van der Waals surface area contributed by atoms with Crippen molar-refractivity contribution in [2.45, 2.75) is 13.0 Å². The number of hydrogen-bond donors (Lipinski definition) is 1. The normalized spacial score (nSPS) is 16.9. The van der Waals surface area contributed by atoms with Crippen LogP contribution < -0.4 is 9.64 Å². The van der Waals surface area contributed by atoms with Gasteiger partial charge in [0, 0.05) is 11.3 Å². The number of ketones is 1. The highest BCUT2D eigenvalue weighted by atomic mass is 35.5. The van der Waals surface area contributed by atoms with E-state index in [1.165, 1.54) is 24.1 Å². The number of ether oxygens (including phenoxy) is 2. The van der Waals surface area contributed by atoms with Crippen molar-refractivity contribution in [2.24, 2.45) is 0 Å². The summed E-state index contributed by atoms with van der Waals surface area (Å²) >= 11 is 6.18. The number of esters is 1. The molecular formula is C27H22ClNO6. The molecule has 1 amide bonds. The van der Waals surface area contributed by atoms with Crippen LogP contribution in [0.15, 0.2) is 78.4 Å². The van der Waals surface area contributed by atoms with Crippen molar-refractivity contribution in [3.63, 3.8) is 0 Å². The molecule has 7 nitrogen and oxygen atoms in total. The third-order valence-corrected chi connectivity index (χ3v) is 5.92. The van der Waals surface area contributed by atoms with Crippen LogP contribution in [0.25, 0.3) is 5.76 Å². The highest BCUT2D eigenvalue weighted by Crippen LogP contribution is 2.43. The van der Waals surface area contributed by atoms with Crippen molar-refractivity contribution < 1.29 is 29.0 Å². The number of carbonyl (C=O) groups excluding carboxylic acids is 3. The number of amides is 1. The predicted molar refractivity (Wildman–Crippen MR) is 132 cm³/mol. The molecule has 1 aliphatic rings. The minimum atomic E-state index is -0.935. The van der Waals surface area contributed by atoms with Gasteiger partial charge in [-0.25, -0.2) is 4.79 Å². The average molecular weight is 492 g/mol. The molecule has 4 rings (SSSR count). The first kappa shape index (κ1) is 24.0. The Balaban J connectivity index is 1.91. The Kier molecular flexibility index (Phi) is 6.89. The Bertz CT molecular complexity index is 1330. The smallest absolute Gasteiger partial charge is 0.337 e. The largest absolute Gasteiger partial charge is 0.507 e. The van der Waals surface area contributed by atoms with Gasteiger partial charge in [-0.05, 0) is 48.9 Å². The van der Waals surface area contributed by atoms with E-state index in [-0.39, 0.29) is 22.5 Å². The van der Waals surface area contributed by atoms with Crippen molar-refractivity contribution in [2.75, 3.05) is 18.6 Å². The lowest BCUT2D eigenvalue weighted by Crippen LogP contribution is -2.29. The molecule has 0 aliphatic carbocycles. The molecule has 1 saturated heterocycles. The number of aliphatic hydroxyl groups is 1. The van der Waals surface area contributed by atoms with Gasteiger partial charge in [0.1, 0.15) is 11.5 Å². The summed E-state index contributed by atoms with van der Waals surface area (Å²) in [6.45, 7) is 2.15. The minimum absolute atomic E-state index is 0.0885. The van der Waals surface area contributed by atoms with Crippen molar-refractivity contribution in [3.05, 3.63) is 100 Å². The van der Waals surface area contributed by atoms with Gasteiger partial charge in [-0.3, -0.25) is 14.5 Å². The van der Waals surface area contributed by atoms with Gasteiger partial charge >= 0.3 is 5.97 Å². The maximum absolute atomic E-state index is 13.3. The molecule has 35 heavy (non-hydrogen) atoms. The van der Waals surface area contributed by atoms with Crippen molar-refractivity contribution >= 4 is 40.7 Å². The summed E-state index contributed by atoms with van der Waals surface area (Å²) in [6.07, 6.45) is 0. The van der Waals surface area contributed by atoms with Gasteiger partial charge in [-0.15, -0.1) is 0 Å². The first-order valence-electron chi connectivity index (χ1n) is 10.8. The van der Waals surface area contributed by atoms with E-state index in [1.807, 2.05) is 0 Å². The first-order valence-corrected chi connectivity index (χ1v) is 11.2. The maximum atomic E-state index is 13.3. The molecule has 3 aromatic rings. The molecule has 1 atom stereocenters. The number of benzene rings is 3. The number of Topliss-reactive ketones (excluding diaryl/α,β-unsaturated/α-hetero) is 1. The van der Waals surface area contributed by atoms with E-state index < -0.39 is 23.7 Å². The SMILES string of the molecule is CCOc1cc(/C(O)=C2\C(=O)C(=O)N(c3cccc(C(=O)OC)c3)C2c2ccccc2)ccc1Cl. The Labute approximate surface area is 207 Å². The summed E-state index contributed by atoms with van der Waals surface area (Å²) < 4.78 is 10.3. The first-order chi connectivity index (χ1) is 16.9. The fourth-order valence-electron chi connectivity index (χ4n) is 4.02. The predicted octanol–water partition coefficient (Wildman–Crippen LogP) is 5.15. The molecule has 0 spiro atoms. The van der Waals surface area contributed by atoms with Crippen molar-refractivity contribution in [1.82, 2.24) is 0 Å². The molecule has 8 heteroatoms. The second kappa shape index (κ2) is 10.0. The highest BCUT2D eigenvalue weighted by molar-refractivity contribution is 6.51. The van der Waals surface area contributed by atoms with Crippen LogP contribution in [0.4, 0.5) is 5.69 Å². The molecule has 1 fully saturated rings. The van der Waals surface area contributed by atoms with Crippen LogP contribution >= 0.6 is 11.6 Å². The van der Waals surface area contributed by atoms with Gasteiger partial charge < -0.3 is 14.6 Å². The molecule has 3 aromatic carbocycles. The summed E-state index contributed by atoms with van der Waals surface area (Å²) in [6, 6.07) is 18.8. The summed E-state index contributed by atoms with van der Waals surface area (Å²) in [5.74, 6) is -2.28. The highest BCUT2D eigenvalue weighted by Gasteiger charge is 2.47. The molecule has 178 valence electrons. The zero-order valence-electron chi connectivity index (χ0n) is 19.0. The topological polar surface area (TPSA) is 93.1 Å². The number of aliphatic hydroxyl groups excluding tert-OH is 1. The summed E-state index contributed by atoms with van der Waals surface area (Å²) in [7, 11) is 1.26. The molecule has 1 unspecified atom stereocenters. The zero-order valence-corrected chi connectivity index (χ0v) is 19.8. The van der Waals surface area contributed by atoms with Crippen molar-refractivity contribution in [1.29, 1.82) is 0 Å². The van der Waals surface area contributed by atoms with Crippen LogP contribution in [0.5, 0.6) is 5.75 Å². The molecule has 0 aromatic heterocycles. The lowest BCUT2D eigenvalue weighted by molar-refractivity contribution is -0.132. The third-order valence-electron chi connectivity index (χ3n) is 5.61. The molecule has 1 heterocycles. The van der Waals surface area contributed by atoms with Crippen LogP contribution in [0.1, 0.15) is 34.5 Å². The zero-order chi connectivity index (χ0) is 25.1. The maximum Gasteiger partial charge on any atom is 0.337 e. The lowest BCUT2D eigenvalue weighted by Gasteiger charge is -2.25. The van der Waals surface area contributed by atoms with Crippen LogP contribution in [-0.2, 0) is 14.3 Å². The van der Waals surface area contributed by atoms with Crippen molar-refractivity contribution in [3.8, 4) is 5.75 Å². The van der Waals surface area contributed by atoms with Crippen LogP contribution in [-0.4, -0.2) is 36.5 Å². The minimum Gasteiger partial charge on any atom is -0.507 e. The average Bonchev–Trinajstić information content (AvgIpc) is 3.15. The molecule has 0 bridgehead atoms. The Morgan fingerprint density at radius 3 is 2.43 bits per heavy atom. The molecule has 1 aliphatic heterocycles. The number of methoxy groups -OCH3 is 1. The number of nitrogens with zero attached hydrogens (tertiary/aromatic N) is 1. The number of rotatable bonds is 6. The standard InChI is InChI=1S/C27H22ClNO6/c1-3-35-21-15-17(12-13-20(21)28)24(30)22-23(16-8-5-4-6-9-16)29(26(32)25(22)31)19-11-7-10-18(14-19)27(33)34-2/h4-15,23,30H,3H2,1-2H3/b24-22+. The Morgan fingerprint density at radius 2 is 1.74 bits per heavy atom. The van der Waals surface area contributed by atoms with E-state index in [0.29, 0.717) is 28.6 Å². The number of anilines is 1. The van der Waals surface area contributed by atoms with E-state index in [9.17, 15) is 19.5 Å². The Hall–Kier alpha value is -4.10. The summed E-state index contributed by atoms with van der Waals surface area (Å²) in [5, 5.41) is 11.6. The van der Waals surface area contributed by atoms with E-state index in [4.69, 9.17) is 21.1 Å². The third kappa shape index (κ3) is 4.50. The van der Waals surface area contributed by atoms with Gasteiger partial charge in [-0.2, -0.15) is 0 Å². The monoisotopic (exact) mass is 491 g/mol. The van der Waals surface area contributed by atoms with Crippen LogP contribution in [0, 0.1) is 0 Å². The quantitative estimate of drug-likeness (QED) is 0.222. The second-order valence-electron chi connectivity index (χ2n) is 7.70. The van der Waals surface area contributed by atoms with Crippen LogP contribution in [0.2, 0.25) is 5.02 Å². The summed E-state index contributed by atoms with van der Waals surface area (Å²) in [5.41, 5.74) is 1.33. The van der Waals surface area contributed by atoms with Crippen LogP contribution in [0.3, 0.4) is 0 Å². The molecule has 0 radical (unpaired) electrons. The number of carbonyl (C=O) groups is 3. The van der Waals surface area contributed by atoms with Gasteiger partial charge in [0.15, 0.2) is 0 Å². The van der Waals surface area contributed by atoms with E-state index in [1.54, 1.807) is 67.6 Å². The molecule has 1 N–H and O–H groups in total. The molecule has 0 saturated carbocycles. The number of hydrogen-bond acceptors (Lipinski definition) is 6. The fourth-order valence-corrected chi connectivity index (χ4v) is 4.19. The van der Waals surface area contributed by atoms with Gasteiger partial charge in [0.05, 0.1) is 35.9 Å². The molecular weight excluding hydrogens is 470 g/mol. The van der Waals surface area contributed by atoms with Gasteiger partial charge in [0.2, 0.25) is 0 Å². The second-order valence-corrected chi connectivity index (χ2v) is 8.11. The van der Waals surface area contributed by atoms with Gasteiger partial charge in [0.25, 0.3) is 11.7 Å². The Morgan fingerprint density at radius 1 is 1.00 bits per heavy atom. The van der Waals surface area contributed by atoms with E-state index >= 15 is 0 Å². The number of halogens is 1. The lowest BCUT2D eigenvalue weighted by atomic mass is 9.95. The van der Waals surface area contributed by atoms with E-state index in [0.717, 1.165) is 0 Å². The fraction of sp³-hybridized carbons (Fsp3) is 0.148.